The van der Waals surface area contributed by atoms with E-state index in [0.29, 0.717) is 48.6 Å². The summed E-state index contributed by atoms with van der Waals surface area (Å²) in [5.41, 5.74) is -0.222. The number of carbonyl (C=O) groups excluding carboxylic acids is 1. The fourth-order valence-electron chi connectivity index (χ4n) is 5.27. The first kappa shape index (κ1) is 25.0. The largest absolute Gasteiger partial charge is 0.391 e. The van der Waals surface area contributed by atoms with E-state index < -0.39 is 23.5 Å². The van der Waals surface area contributed by atoms with Gasteiger partial charge in [-0.1, -0.05) is 36.6 Å². The molecule has 5 rings (SSSR count). The number of pyridine rings is 2. The Labute approximate surface area is 213 Å². The second kappa shape index (κ2) is 10.4. The molecule has 1 aliphatic heterocycles. The highest BCUT2D eigenvalue weighted by Crippen LogP contribution is 2.37. The van der Waals surface area contributed by atoms with Gasteiger partial charge in [0.2, 0.25) is 0 Å². The summed E-state index contributed by atoms with van der Waals surface area (Å²) in [7, 11) is 0. The number of aliphatic hydroxyl groups is 1. The second-order valence-electron chi connectivity index (χ2n) is 9.84. The lowest BCUT2D eigenvalue weighted by molar-refractivity contribution is 0.0492. The van der Waals surface area contributed by atoms with Crippen LogP contribution in [0.1, 0.15) is 60.3 Å². The van der Waals surface area contributed by atoms with Crippen LogP contribution < -0.4 is 5.32 Å². The molecule has 0 unspecified atom stereocenters. The predicted octanol–water partition coefficient (Wildman–Crippen LogP) is 4.92. The molecule has 2 atom stereocenters. The van der Waals surface area contributed by atoms with Crippen LogP contribution >= 0.6 is 11.6 Å². The van der Waals surface area contributed by atoms with Gasteiger partial charge in [-0.3, -0.25) is 14.7 Å². The number of benzene rings is 1. The first-order chi connectivity index (χ1) is 17.3. The van der Waals surface area contributed by atoms with Gasteiger partial charge in [0.1, 0.15) is 17.0 Å². The number of hydrogen-bond donors (Lipinski definition) is 2. The van der Waals surface area contributed by atoms with E-state index in [1.807, 2.05) is 0 Å². The molecule has 3 aromatic rings. The minimum Gasteiger partial charge on any atom is -0.391 e. The van der Waals surface area contributed by atoms with Crippen LogP contribution in [0.2, 0.25) is 5.02 Å². The van der Waals surface area contributed by atoms with Crippen LogP contribution in [-0.4, -0.2) is 51.1 Å². The van der Waals surface area contributed by atoms with Crippen molar-refractivity contribution < 1.29 is 18.7 Å². The third-order valence-electron chi connectivity index (χ3n) is 7.38. The molecule has 0 bridgehead atoms. The van der Waals surface area contributed by atoms with Crippen molar-refractivity contribution in [3.8, 4) is 0 Å². The number of aromatic nitrogens is 2. The molecular weight excluding hydrogens is 486 g/mol. The van der Waals surface area contributed by atoms with Crippen LogP contribution in [0.4, 0.5) is 8.78 Å². The summed E-state index contributed by atoms with van der Waals surface area (Å²) < 4.78 is 30.4. The molecule has 36 heavy (non-hydrogen) atoms. The van der Waals surface area contributed by atoms with Crippen LogP contribution in [0.5, 0.6) is 0 Å². The summed E-state index contributed by atoms with van der Waals surface area (Å²) in [6, 6.07) is 9.27. The Morgan fingerprint density at radius 2 is 1.97 bits per heavy atom. The summed E-state index contributed by atoms with van der Waals surface area (Å²) in [4.78, 5) is 23.6. The maximum atomic E-state index is 15.6. The quantitative estimate of drug-likeness (QED) is 0.505. The van der Waals surface area contributed by atoms with Gasteiger partial charge in [0, 0.05) is 36.2 Å². The highest BCUT2D eigenvalue weighted by Gasteiger charge is 2.38. The molecule has 1 aliphatic carbocycles. The van der Waals surface area contributed by atoms with Crippen LogP contribution in [0.15, 0.2) is 42.6 Å². The standard InChI is InChI=1S/C27H29ClF2N4O2/c28-18-8-11-31-24(15-18)27(30)9-12-34(13-10-27)16-17-14-22(32-25-19(17)4-3-5-20(25)29)26(36)33-21-6-1-2-7-23(21)35/h3-5,8,11,14-15,21,23,35H,1-2,6-7,9-10,12-13,16H2,(H,33,36)/t21-,23-/m0/s1. The zero-order chi connectivity index (χ0) is 25.3. The molecule has 1 saturated carbocycles. The third-order valence-corrected chi connectivity index (χ3v) is 7.61. The maximum absolute atomic E-state index is 15.6. The Kier molecular flexibility index (Phi) is 7.19. The van der Waals surface area contributed by atoms with E-state index in [-0.39, 0.29) is 30.1 Å². The SMILES string of the molecule is O=C(N[C@H]1CCCC[C@@H]1O)c1cc(CN2CCC(F)(c3cc(Cl)ccn3)CC2)c2cccc(F)c2n1. The van der Waals surface area contributed by atoms with Gasteiger partial charge in [-0.25, -0.2) is 13.8 Å². The average Bonchev–Trinajstić information content (AvgIpc) is 2.87. The second-order valence-corrected chi connectivity index (χ2v) is 10.3. The van der Waals surface area contributed by atoms with Crippen molar-refractivity contribution in [2.75, 3.05) is 13.1 Å². The fourth-order valence-corrected chi connectivity index (χ4v) is 5.42. The van der Waals surface area contributed by atoms with Gasteiger partial charge in [-0.2, -0.15) is 0 Å². The summed E-state index contributed by atoms with van der Waals surface area (Å²) in [6.45, 7) is 1.37. The first-order valence-corrected chi connectivity index (χ1v) is 12.8. The van der Waals surface area contributed by atoms with Crippen molar-refractivity contribution >= 4 is 28.4 Å². The Hall–Kier alpha value is -2.68. The van der Waals surface area contributed by atoms with Crippen molar-refractivity contribution in [1.82, 2.24) is 20.2 Å². The molecule has 190 valence electrons. The number of para-hydroxylation sites is 1. The summed E-state index contributed by atoms with van der Waals surface area (Å²) in [6.07, 6.45) is 4.64. The number of nitrogens with one attached hydrogen (secondary N) is 1. The van der Waals surface area contributed by atoms with E-state index >= 15 is 4.39 Å². The monoisotopic (exact) mass is 514 g/mol. The van der Waals surface area contributed by atoms with Gasteiger partial charge in [0.05, 0.1) is 17.8 Å². The van der Waals surface area contributed by atoms with Gasteiger partial charge in [-0.15, -0.1) is 0 Å². The Balaban J connectivity index is 1.36. The van der Waals surface area contributed by atoms with Gasteiger partial charge < -0.3 is 10.4 Å². The predicted molar refractivity (Wildman–Crippen MR) is 134 cm³/mol. The fraction of sp³-hybridized carbons (Fsp3) is 0.444. The van der Waals surface area contributed by atoms with Crippen LogP contribution in [0.3, 0.4) is 0 Å². The Morgan fingerprint density at radius 3 is 2.72 bits per heavy atom. The number of halogens is 3. The zero-order valence-electron chi connectivity index (χ0n) is 19.9. The molecule has 1 saturated heterocycles. The molecule has 0 radical (unpaired) electrons. The number of rotatable bonds is 5. The molecule has 0 spiro atoms. The van der Waals surface area contributed by atoms with Crippen LogP contribution in [-0.2, 0) is 12.2 Å². The molecule has 2 aromatic heterocycles. The number of nitrogens with zero attached hydrogens (tertiary/aromatic N) is 3. The number of hydrogen-bond acceptors (Lipinski definition) is 5. The number of piperidine rings is 1. The highest BCUT2D eigenvalue weighted by atomic mass is 35.5. The van der Waals surface area contributed by atoms with Crippen LogP contribution in [0.25, 0.3) is 10.9 Å². The van der Waals surface area contributed by atoms with Crippen molar-refractivity contribution in [1.29, 1.82) is 0 Å². The van der Waals surface area contributed by atoms with E-state index in [0.717, 1.165) is 18.4 Å². The number of alkyl halides is 1. The maximum Gasteiger partial charge on any atom is 0.270 e. The molecule has 2 aliphatic rings. The normalized spacial score (nSPS) is 22.4. The lowest BCUT2D eigenvalue weighted by Gasteiger charge is -2.36. The van der Waals surface area contributed by atoms with E-state index in [1.165, 1.54) is 12.3 Å². The van der Waals surface area contributed by atoms with Crippen molar-refractivity contribution in [2.24, 2.45) is 0 Å². The molecule has 1 amide bonds. The van der Waals surface area contributed by atoms with E-state index in [1.54, 1.807) is 30.3 Å². The number of aliphatic hydroxyl groups excluding tert-OH is 1. The molecule has 3 heterocycles. The number of carbonyl (C=O) groups is 1. The van der Waals surface area contributed by atoms with Crippen molar-refractivity contribution in [3.05, 3.63) is 70.4 Å². The van der Waals surface area contributed by atoms with Crippen molar-refractivity contribution in [2.45, 2.75) is 62.9 Å². The van der Waals surface area contributed by atoms with Gasteiger partial charge in [-0.05, 0) is 55.5 Å². The molecule has 2 fully saturated rings. The molecule has 6 nitrogen and oxygen atoms in total. The van der Waals surface area contributed by atoms with Crippen LogP contribution in [0, 0.1) is 5.82 Å². The molecule has 2 N–H and O–H groups in total. The summed E-state index contributed by atoms with van der Waals surface area (Å²) in [5.74, 6) is -0.935. The van der Waals surface area contributed by atoms with Gasteiger partial charge >= 0.3 is 0 Å². The minimum atomic E-state index is -1.56. The summed E-state index contributed by atoms with van der Waals surface area (Å²) in [5, 5.41) is 14.2. The molecule has 1 aromatic carbocycles. The van der Waals surface area contributed by atoms with Gasteiger partial charge in [0.25, 0.3) is 5.91 Å². The van der Waals surface area contributed by atoms with Gasteiger partial charge in [0.15, 0.2) is 5.67 Å². The lowest BCUT2D eigenvalue weighted by atomic mass is 9.89. The van der Waals surface area contributed by atoms with E-state index in [2.05, 4.69) is 20.2 Å². The molecular formula is C27H29ClF2N4O2. The third kappa shape index (κ3) is 5.21. The molecule has 9 heteroatoms. The summed E-state index contributed by atoms with van der Waals surface area (Å²) >= 11 is 6.04. The minimum absolute atomic E-state index is 0.111. The van der Waals surface area contributed by atoms with E-state index in [9.17, 15) is 14.3 Å². The van der Waals surface area contributed by atoms with E-state index in [4.69, 9.17) is 11.6 Å². The number of likely N-dealkylation sites (tertiary alicyclic amines) is 1. The highest BCUT2D eigenvalue weighted by molar-refractivity contribution is 6.30. The zero-order valence-corrected chi connectivity index (χ0v) is 20.6. The Bertz CT molecular complexity index is 1270. The Morgan fingerprint density at radius 1 is 1.19 bits per heavy atom. The van der Waals surface area contributed by atoms with Crippen molar-refractivity contribution in [3.63, 3.8) is 0 Å². The smallest absolute Gasteiger partial charge is 0.270 e. The number of amides is 1. The first-order valence-electron chi connectivity index (χ1n) is 12.4. The topological polar surface area (TPSA) is 78.4 Å². The average molecular weight is 515 g/mol. The lowest BCUT2D eigenvalue weighted by Crippen LogP contribution is -2.45. The number of fused-ring (bicyclic) bond motifs is 1.